The number of anilines is 2. The molecule has 1 N–H and O–H groups in total. The van der Waals surface area contributed by atoms with Crippen molar-refractivity contribution < 1.29 is 26.4 Å². The first-order valence-electron chi connectivity index (χ1n) is 11.4. The summed E-state index contributed by atoms with van der Waals surface area (Å²) in [7, 11) is -6.61. The zero-order valence-electron chi connectivity index (χ0n) is 20.7. The van der Waals surface area contributed by atoms with Gasteiger partial charge in [-0.2, -0.15) is 0 Å². The van der Waals surface area contributed by atoms with E-state index in [0.29, 0.717) is 28.7 Å². The topological polar surface area (TPSA) is 132 Å². The number of ketones is 1. The molecule has 0 aliphatic rings. The van der Waals surface area contributed by atoms with Gasteiger partial charge in [0.2, 0.25) is 5.88 Å². The van der Waals surface area contributed by atoms with Crippen molar-refractivity contribution in [2.75, 3.05) is 17.8 Å². The van der Waals surface area contributed by atoms with Crippen LogP contribution in [0.5, 0.6) is 11.6 Å². The molecule has 11 heteroatoms. The lowest BCUT2D eigenvalue weighted by molar-refractivity contribution is -0.117. The van der Waals surface area contributed by atoms with E-state index < -0.39 is 19.7 Å². The Kier molecular flexibility index (Phi) is 7.88. The number of carbonyl (C=O) groups excluding carboxylic acids is 1. The Labute approximate surface area is 221 Å². The van der Waals surface area contributed by atoms with E-state index >= 15 is 0 Å². The first kappa shape index (κ1) is 27.0. The number of nitrogens with zero attached hydrogens (tertiary/aromatic N) is 2. The van der Waals surface area contributed by atoms with Gasteiger partial charge in [-0.25, -0.2) is 26.8 Å². The Morgan fingerprint density at radius 1 is 0.763 bits per heavy atom. The fourth-order valence-electron chi connectivity index (χ4n) is 3.60. The molecule has 9 nitrogen and oxygen atoms in total. The first-order chi connectivity index (χ1) is 18.0. The number of benzene rings is 3. The van der Waals surface area contributed by atoms with Crippen molar-refractivity contribution in [3.63, 3.8) is 0 Å². The summed E-state index contributed by atoms with van der Waals surface area (Å²) >= 11 is 0. The molecule has 0 aliphatic heterocycles. The first-order valence-corrected chi connectivity index (χ1v) is 15.2. The van der Waals surface area contributed by atoms with Crippen LogP contribution in [0.25, 0.3) is 0 Å². The second kappa shape index (κ2) is 11.1. The van der Waals surface area contributed by atoms with Gasteiger partial charge in [-0.1, -0.05) is 24.3 Å². The summed E-state index contributed by atoms with van der Waals surface area (Å²) in [5, 5.41) is 3.07. The van der Waals surface area contributed by atoms with Gasteiger partial charge in [0.15, 0.2) is 19.7 Å². The van der Waals surface area contributed by atoms with Gasteiger partial charge in [-0.05, 0) is 59.7 Å². The number of hydrogen-bond acceptors (Lipinski definition) is 9. The van der Waals surface area contributed by atoms with E-state index in [0.717, 1.165) is 18.1 Å². The lowest BCUT2D eigenvalue weighted by Gasteiger charge is -2.09. The third kappa shape index (κ3) is 7.46. The number of rotatable bonds is 10. The average molecular weight is 552 g/mol. The Balaban J connectivity index is 1.35. The fourth-order valence-corrected chi connectivity index (χ4v) is 4.92. The van der Waals surface area contributed by atoms with Crippen LogP contribution in [0.3, 0.4) is 0 Å². The molecule has 0 bridgehead atoms. The summed E-state index contributed by atoms with van der Waals surface area (Å²) in [6.45, 7) is 0. The van der Waals surface area contributed by atoms with Crippen molar-refractivity contribution in [3.8, 4) is 11.6 Å². The van der Waals surface area contributed by atoms with Gasteiger partial charge in [-0.15, -0.1) is 0 Å². The van der Waals surface area contributed by atoms with Crippen LogP contribution in [0.4, 0.5) is 11.5 Å². The highest BCUT2D eigenvalue weighted by Crippen LogP contribution is 2.24. The van der Waals surface area contributed by atoms with Crippen LogP contribution >= 0.6 is 0 Å². The molecule has 0 saturated carbocycles. The van der Waals surface area contributed by atoms with E-state index in [-0.39, 0.29) is 28.4 Å². The van der Waals surface area contributed by atoms with Gasteiger partial charge in [0.25, 0.3) is 0 Å². The predicted molar refractivity (Wildman–Crippen MR) is 143 cm³/mol. The largest absolute Gasteiger partial charge is 0.439 e. The number of Topliss-reactive ketones (excluding diaryl/α,β-unsaturated/α-hetero) is 1. The second-order valence-electron chi connectivity index (χ2n) is 8.72. The molecule has 0 saturated heterocycles. The maximum atomic E-state index is 12.5. The Morgan fingerprint density at radius 2 is 1.42 bits per heavy atom. The van der Waals surface area contributed by atoms with Crippen LogP contribution in [-0.4, -0.2) is 45.1 Å². The van der Waals surface area contributed by atoms with Gasteiger partial charge in [0, 0.05) is 37.1 Å². The zero-order chi connectivity index (χ0) is 27.3. The quantitative estimate of drug-likeness (QED) is 0.308. The minimum absolute atomic E-state index is 0.0413. The highest BCUT2D eigenvalue weighted by atomic mass is 32.2. The summed E-state index contributed by atoms with van der Waals surface area (Å²) in [6, 6.07) is 21.3. The van der Waals surface area contributed by atoms with Crippen molar-refractivity contribution >= 4 is 37.0 Å². The number of aromatic nitrogens is 2. The van der Waals surface area contributed by atoms with Gasteiger partial charge in [-0.3, -0.25) is 4.79 Å². The van der Waals surface area contributed by atoms with Crippen molar-refractivity contribution in [2.45, 2.75) is 22.6 Å². The van der Waals surface area contributed by atoms with E-state index in [9.17, 15) is 21.6 Å². The summed E-state index contributed by atoms with van der Waals surface area (Å²) in [5.41, 5.74) is 2.10. The third-order valence-electron chi connectivity index (χ3n) is 5.47. The maximum Gasteiger partial charge on any atom is 0.224 e. The van der Waals surface area contributed by atoms with Gasteiger partial charge >= 0.3 is 0 Å². The van der Waals surface area contributed by atoms with Crippen molar-refractivity contribution in [2.24, 2.45) is 0 Å². The normalized spacial score (nSPS) is 11.6. The SMILES string of the molecule is CS(=O)(=O)c1ccc(Nc2cc(Oc3ccc(CC(=O)Cc4cccc(S(C)(=O)=O)c4)cc3)ncn2)cc1. The van der Waals surface area contributed by atoms with Crippen LogP contribution in [-0.2, 0) is 37.3 Å². The molecule has 0 amide bonds. The lowest BCUT2D eigenvalue weighted by Crippen LogP contribution is -2.07. The lowest BCUT2D eigenvalue weighted by atomic mass is 10.0. The summed E-state index contributed by atoms with van der Waals surface area (Å²) in [6.07, 6.45) is 3.96. The molecular weight excluding hydrogens is 526 g/mol. The average Bonchev–Trinajstić information content (AvgIpc) is 2.85. The molecule has 0 unspecified atom stereocenters. The molecule has 4 aromatic rings. The Morgan fingerprint density at radius 3 is 2.08 bits per heavy atom. The molecule has 196 valence electrons. The molecule has 0 fully saturated rings. The summed E-state index contributed by atoms with van der Waals surface area (Å²) < 4.78 is 52.5. The highest BCUT2D eigenvalue weighted by molar-refractivity contribution is 7.91. The minimum Gasteiger partial charge on any atom is -0.439 e. The molecule has 1 heterocycles. The maximum absolute atomic E-state index is 12.5. The standard InChI is InChI=1S/C27H25N3O6S2/c1-37(32,33)24-12-8-21(9-13-24)30-26-17-27(29-18-28-26)36-23-10-6-19(7-11-23)14-22(31)15-20-4-3-5-25(16-20)38(2,34)35/h3-13,16-18H,14-15H2,1-2H3,(H,28,29,30). The molecular formula is C27H25N3O6S2. The second-order valence-corrected chi connectivity index (χ2v) is 12.8. The molecule has 3 aromatic carbocycles. The highest BCUT2D eigenvalue weighted by Gasteiger charge is 2.11. The van der Waals surface area contributed by atoms with E-state index in [2.05, 4.69) is 15.3 Å². The van der Waals surface area contributed by atoms with Gasteiger partial charge in [0.1, 0.15) is 23.7 Å². The fraction of sp³-hybridized carbons (Fsp3) is 0.148. The third-order valence-corrected chi connectivity index (χ3v) is 7.71. The van der Waals surface area contributed by atoms with Crippen LogP contribution in [0.1, 0.15) is 11.1 Å². The van der Waals surface area contributed by atoms with Crippen LogP contribution < -0.4 is 10.1 Å². The van der Waals surface area contributed by atoms with Gasteiger partial charge in [0.05, 0.1) is 9.79 Å². The number of hydrogen-bond donors (Lipinski definition) is 1. The molecule has 0 aliphatic carbocycles. The van der Waals surface area contributed by atoms with Crippen molar-refractivity contribution in [1.82, 2.24) is 9.97 Å². The van der Waals surface area contributed by atoms with E-state index in [4.69, 9.17) is 4.74 Å². The molecule has 0 atom stereocenters. The van der Waals surface area contributed by atoms with Crippen LogP contribution in [0, 0.1) is 0 Å². The summed E-state index contributed by atoms with van der Waals surface area (Å²) in [4.78, 5) is 21.2. The smallest absolute Gasteiger partial charge is 0.224 e. The van der Waals surface area contributed by atoms with Crippen molar-refractivity contribution in [1.29, 1.82) is 0 Å². The zero-order valence-corrected chi connectivity index (χ0v) is 22.3. The molecule has 4 rings (SSSR count). The summed E-state index contributed by atoms with van der Waals surface area (Å²) in [5.74, 6) is 1.23. The van der Waals surface area contributed by atoms with Crippen LogP contribution in [0.15, 0.2) is 95.0 Å². The number of ether oxygens (including phenoxy) is 1. The molecule has 38 heavy (non-hydrogen) atoms. The van der Waals surface area contributed by atoms with E-state index in [1.54, 1.807) is 54.6 Å². The Hall–Kier alpha value is -4.09. The number of nitrogens with one attached hydrogen (secondary N) is 1. The molecule has 1 aromatic heterocycles. The molecule has 0 spiro atoms. The Bertz CT molecular complexity index is 1670. The van der Waals surface area contributed by atoms with Crippen LogP contribution in [0.2, 0.25) is 0 Å². The van der Waals surface area contributed by atoms with E-state index in [1.165, 1.54) is 30.6 Å². The predicted octanol–water partition coefficient (Wildman–Crippen LogP) is 4.17. The monoisotopic (exact) mass is 551 g/mol. The van der Waals surface area contributed by atoms with Gasteiger partial charge < -0.3 is 10.1 Å². The minimum atomic E-state index is -3.33. The number of carbonyl (C=O) groups is 1. The molecule has 0 radical (unpaired) electrons. The van der Waals surface area contributed by atoms with E-state index in [1.807, 2.05) is 0 Å². The van der Waals surface area contributed by atoms with Crippen molar-refractivity contribution in [3.05, 3.63) is 96.3 Å². The number of sulfone groups is 2.